The molecule has 0 unspecified atom stereocenters. The van der Waals surface area contributed by atoms with Gasteiger partial charge in [0.15, 0.2) is 0 Å². The van der Waals surface area contributed by atoms with E-state index in [1.165, 1.54) is 13.5 Å². The molecule has 1 aliphatic carbocycles. The number of rotatable bonds is 2. The SMILES string of the molecule is COC(=O)c1cc2c(=O)n([C@H]3CCC[C@@H](C)[C@@H]3C)ccc2nc1C. The Morgan fingerprint density at radius 2 is 2.08 bits per heavy atom. The molecule has 2 aromatic heterocycles. The van der Waals surface area contributed by atoms with Gasteiger partial charge in [-0.2, -0.15) is 0 Å². The third-order valence-corrected chi connectivity index (χ3v) is 5.53. The number of hydrogen-bond acceptors (Lipinski definition) is 4. The Bertz CT molecular complexity index is 840. The van der Waals surface area contributed by atoms with E-state index in [0.29, 0.717) is 34.0 Å². The van der Waals surface area contributed by atoms with Crippen molar-refractivity contribution in [2.24, 2.45) is 11.8 Å². The van der Waals surface area contributed by atoms with E-state index in [4.69, 9.17) is 4.74 Å². The van der Waals surface area contributed by atoms with Crippen LogP contribution in [0.5, 0.6) is 0 Å². The van der Waals surface area contributed by atoms with E-state index in [0.717, 1.165) is 12.8 Å². The Labute approximate surface area is 141 Å². The second kappa shape index (κ2) is 6.38. The minimum atomic E-state index is -0.462. The Balaban J connectivity index is 2.15. The highest BCUT2D eigenvalue weighted by Gasteiger charge is 2.29. The van der Waals surface area contributed by atoms with E-state index >= 15 is 0 Å². The van der Waals surface area contributed by atoms with Crippen LogP contribution >= 0.6 is 0 Å². The molecule has 24 heavy (non-hydrogen) atoms. The summed E-state index contributed by atoms with van der Waals surface area (Å²) in [6.45, 7) is 6.23. The fourth-order valence-electron chi connectivity index (χ4n) is 3.80. The number of carbonyl (C=O) groups excluding carboxylic acids is 1. The van der Waals surface area contributed by atoms with Crippen LogP contribution in [-0.4, -0.2) is 22.6 Å². The topological polar surface area (TPSA) is 61.2 Å². The average molecular weight is 328 g/mol. The Kier molecular flexibility index (Phi) is 4.43. The molecule has 2 aromatic rings. The minimum Gasteiger partial charge on any atom is -0.465 e. The number of fused-ring (bicyclic) bond motifs is 1. The molecule has 1 saturated carbocycles. The van der Waals surface area contributed by atoms with Gasteiger partial charge < -0.3 is 9.30 Å². The van der Waals surface area contributed by atoms with Gasteiger partial charge in [-0.15, -0.1) is 0 Å². The molecule has 0 N–H and O–H groups in total. The van der Waals surface area contributed by atoms with Crippen LogP contribution in [0.4, 0.5) is 0 Å². The normalized spacial score (nSPS) is 24.1. The number of methoxy groups -OCH3 is 1. The Morgan fingerprint density at radius 1 is 1.33 bits per heavy atom. The first-order valence-corrected chi connectivity index (χ1v) is 8.55. The predicted octanol–water partition coefficient (Wildman–Crippen LogP) is 3.49. The summed E-state index contributed by atoms with van der Waals surface area (Å²) in [5.74, 6) is 0.594. The monoisotopic (exact) mass is 328 g/mol. The second-order valence-corrected chi connectivity index (χ2v) is 6.91. The molecule has 5 heteroatoms. The van der Waals surface area contributed by atoms with Crippen LogP contribution < -0.4 is 5.56 Å². The number of aromatic nitrogens is 2. The third-order valence-electron chi connectivity index (χ3n) is 5.53. The van der Waals surface area contributed by atoms with Crippen LogP contribution in [0.25, 0.3) is 10.9 Å². The fourth-order valence-corrected chi connectivity index (χ4v) is 3.80. The quantitative estimate of drug-likeness (QED) is 0.792. The van der Waals surface area contributed by atoms with Gasteiger partial charge in [0, 0.05) is 12.2 Å². The standard InChI is InChI=1S/C19H24N2O3/c1-11-6-5-7-17(12(11)2)21-9-8-16-15(18(21)22)10-14(13(3)20-16)19(23)24-4/h8-12,17H,5-7H2,1-4H3/t11-,12+,17+/m1/s1. The van der Waals surface area contributed by atoms with Gasteiger partial charge in [0.25, 0.3) is 5.56 Å². The summed E-state index contributed by atoms with van der Waals surface area (Å²) < 4.78 is 6.63. The summed E-state index contributed by atoms with van der Waals surface area (Å²) in [6.07, 6.45) is 5.22. The first-order valence-electron chi connectivity index (χ1n) is 8.55. The molecule has 128 valence electrons. The van der Waals surface area contributed by atoms with Crippen molar-refractivity contribution in [1.82, 2.24) is 9.55 Å². The first-order chi connectivity index (χ1) is 11.4. The minimum absolute atomic E-state index is 0.0731. The lowest BCUT2D eigenvalue weighted by molar-refractivity contribution is 0.0599. The van der Waals surface area contributed by atoms with Crippen molar-refractivity contribution in [2.75, 3.05) is 7.11 Å². The summed E-state index contributed by atoms with van der Waals surface area (Å²) in [7, 11) is 1.33. The third kappa shape index (κ3) is 2.72. The predicted molar refractivity (Wildman–Crippen MR) is 93.3 cm³/mol. The average Bonchev–Trinajstić information content (AvgIpc) is 2.57. The van der Waals surface area contributed by atoms with E-state index in [2.05, 4.69) is 18.8 Å². The summed E-state index contributed by atoms with van der Waals surface area (Å²) in [5, 5.41) is 0.480. The van der Waals surface area contributed by atoms with E-state index < -0.39 is 5.97 Å². The van der Waals surface area contributed by atoms with Crippen molar-refractivity contribution in [2.45, 2.75) is 46.1 Å². The highest BCUT2D eigenvalue weighted by Crippen LogP contribution is 2.37. The van der Waals surface area contributed by atoms with Crippen LogP contribution in [-0.2, 0) is 4.74 Å². The lowest BCUT2D eigenvalue weighted by Gasteiger charge is -2.35. The number of carbonyl (C=O) groups is 1. The number of aryl methyl sites for hydroxylation is 1. The maximum Gasteiger partial charge on any atom is 0.339 e. The van der Waals surface area contributed by atoms with Crippen LogP contribution in [0, 0.1) is 18.8 Å². The van der Waals surface area contributed by atoms with Crippen LogP contribution in [0.2, 0.25) is 0 Å². The molecule has 0 radical (unpaired) electrons. The zero-order valence-electron chi connectivity index (χ0n) is 14.7. The maximum atomic E-state index is 13.0. The van der Waals surface area contributed by atoms with Gasteiger partial charge in [-0.1, -0.05) is 26.7 Å². The molecule has 0 bridgehead atoms. The molecule has 0 aromatic carbocycles. The Morgan fingerprint density at radius 3 is 2.79 bits per heavy atom. The maximum absolute atomic E-state index is 13.0. The second-order valence-electron chi connectivity index (χ2n) is 6.91. The van der Waals surface area contributed by atoms with Crippen LogP contribution in [0.3, 0.4) is 0 Å². The van der Waals surface area contributed by atoms with Crippen molar-refractivity contribution in [3.63, 3.8) is 0 Å². The number of pyridine rings is 2. The van der Waals surface area contributed by atoms with Crippen molar-refractivity contribution in [3.05, 3.63) is 39.9 Å². The molecular formula is C19H24N2O3. The fraction of sp³-hybridized carbons (Fsp3) is 0.526. The van der Waals surface area contributed by atoms with Gasteiger partial charge in [-0.25, -0.2) is 4.79 Å². The van der Waals surface area contributed by atoms with Crippen molar-refractivity contribution < 1.29 is 9.53 Å². The lowest BCUT2D eigenvalue weighted by atomic mass is 9.78. The largest absolute Gasteiger partial charge is 0.465 e. The summed E-state index contributed by atoms with van der Waals surface area (Å²) in [4.78, 5) is 29.3. The van der Waals surface area contributed by atoms with Gasteiger partial charge in [0.1, 0.15) is 0 Å². The lowest BCUT2D eigenvalue weighted by Crippen LogP contribution is -2.33. The number of nitrogens with zero attached hydrogens (tertiary/aromatic N) is 2. The number of hydrogen-bond donors (Lipinski definition) is 0. The van der Waals surface area contributed by atoms with Gasteiger partial charge in [-0.05, 0) is 37.3 Å². The molecular weight excluding hydrogens is 304 g/mol. The van der Waals surface area contributed by atoms with Crippen molar-refractivity contribution in [3.8, 4) is 0 Å². The molecule has 0 amide bonds. The van der Waals surface area contributed by atoms with Crippen molar-refractivity contribution >= 4 is 16.9 Å². The van der Waals surface area contributed by atoms with Crippen LogP contribution in [0.15, 0.2) is 23.1 Å². The molecule has 3 atom stereocenters. The first kappa shape index (κ1) is 16.7. The zero-order chi connectivity index (χ0) is 17.4. The van der Waals surface area contributed by atoms with Crippen molar-refractivity contribution in [1.29, 1.82) is 0 Å². The number of esters is 1. The molecule has 0 aliphatic heterocycles. The summed E-state index contributed by atoms with van der Waals surface area (Å²) in [6, 6.07) is 3.70. The van der Waals surface area contributed by atoms with Crippen LogP contribution in [0.1, 0.15) is 55.2 Å². The van der Waals surface area contributed by atoms with Gasteiger partial charge in [0.2, 0.25) is 0 Å². The highest BCUT2D eigenvalue weighted by atomic mass is 16.5. The molecule has 0 spiro atoms. The summed E-state index contributed by atoms with van der Waals surface area (Å²) >= 11 is 0. The summed E-state index contributed by atoms with van der Waals surface area (Å²) in [5.41, 5.74) is 1.48. The highest BCUT2D eigenvalue weighted by molar-refractivity contribution is 5.94. The van der Waals surface area contributed by atoms with E-state index in [1.807, 2.05) is 16.8 Å². The molecule has 2 heterocycles. The molecule has 0 saturated heterocycles. The van der Waals surface area contributed by atoms with E-state index in [9.17, 15) is 9.59 Å². The molecule has 5 nitrogen and oxygen atoms in total. The molecule has 1 fully saturated rings. The Hall–Kier alpha value is -2.17. The zero-order valence-corrected chi connectivity index (χ0v) is 14.7. The van der Waals surface area contributed by atoms with E-state index in [-0.39, 0.29) is 11.6 Å². The van der Waals surface area contributed by atoms with E-state index in [1.54, 1.807) is 13.0 Å². The van der Waals surface area contributed by atoms with Gasteiger partial charge >= 0.3 is 5.97 Å². The van der Waals surface area contributed by atoms with Gasteiger partial charge in [0.05, 0.1) is 29.3 Å². The smallest absolute Gasteiger partial charge is 0.339 e. The number of ether oxygens (including phenoxy) is 1. The molecule has 1 aliphatic rings. The van der Waals surface area contributed by atoms with Gasteiger partial charge in [-0.3, -0.25) is 9.78 Å². The molecule has 3 rings (SSSR count).